The Morgan fingerprint density at radius 1 is 1.08 bits per heavy atom. The van der Waals surface area contributed by atoms with Crippen LogP contribution in [0.3, 0.4) is 0 Å². The fourth-order valence-electron chi connectivity index (χ4n) is 10.4. The van der Waals surface area contributed by atoms with Gasteiger partial charge < -0.3 is 44.1 Å². The second-order valence-electron chi connectivity index (χ2n) is 20.8. The number of ether oxygens (including phenoxy) is 3. The summed E-state index contributed by atoms with van der Waals surface area (Å²) in [5, 5.41) is 31.1. The van der Waals surface area contributed by atoms with Gasteiger partial charge in [-0.2, -0.15) is 5.43 Å². The Labute approximate surface area is 430 Å². The number of esters is 1. The number of benzene rings is 1. The molecule has 4 aliphatic heterocycles. The minimum atomic E-state index is -2.27. The highest BCUT2D eigenvalue weighted by atomic mass is 32.1. The number of β-amino-alcohol motifs (C(OH)–C–C–N with tert-alkyl or cyclic N) is 1. The molecule has 8 rings (SSSR count). The van der Waals surface area contributed by atoms with E-state index in [2.05, 4.69) is 51.1 Å². The van der Waals surface area contributed by atoms with Crippen LogP contribution in [0.25, 0.3) is 33.4 Å². The van der Waals surface area contributed by atoms with Gasteiger partial charge in [-0.05, 0) is 68.4 Å². The molecule has 73 heavy (non-hydrogen) atoms. The highest BCUT2D eigenvalue weighted by Crippen LogP contribution is 2.42. The normalized spacial score (nSPS) is 23.6. The number of hydrogen-bond donors (Lipinski definition) is 4. The minimum Gasteiger partial charge on any atom is -0.462 e. The van der Waals surface area contributed by atoms with Gasteiger partial charge in [0.1, 0.15) is 12.1 Å². The highest BCUT2D eigenvalue weighted by Gasteiger charge is 2.49. The summed E-state index contributed by atoms with van der Waals surface area (Å²) in [5.41, 5.74) is 3.99. The summed E-state index contributed by atoms with van der Waals surface area (Å²) in [4.78, 5) is 85.1. The van der Waals surface area contributed by atoms with Crippen LogP contribution in [0.2, 0.25) is 0 Å². The van der Waals surface area contributed by atoms with Crippen LogP contribution >= 0.6 is 11.3 Å². The summed E-state index contributed by atoms with van der Waals surface area (Å²) in [6.45, 7) is 15.0. The molecule has 20 heteroatoms. The number of amides is 4. The summed E-state index contributed by atoms with van der Waals surface area (Å²) in [6, 6.07) is 7.70. The Bertz CT molecular complexity index is 2790. The van der Waals surface area contributed by atoms with Crippen molar-refractivity contribution in [3.63, 3.8) is 0 Å². The van der Waals surface area contributed by atoms with Crippen molar-refractivity contribution in [2.24, 2.45) is 11.3 Å². The van der Waals surface area contributed by atoms with Crippen molar-refractivity contribution in [1.82, 2.24) is 45.0 Å². The molecule has 19 nitrogen and oxygen atoms in total. The number of fused-ring (bicyclic) bond motifs is 6. The molecule has 4 aromatic rings. The second kappa shape index (κ2) is 22.0. The second-order valence-corrected chi connectivity index (χ2v) is 21.7. The van der Waals surface area contributed by atoms with Crippen molar-refractivity contribution < 1.29 is 48.4 Å². The third-order valence-electron chi connectivity index (χ3n) is 14.4. The lowest BCUT2D eigenvalue weighted by atomic mass is 9.84. The molecular weight excluding hydrogens is 955 g/mol. The van der Waals surface area contributed by atoms with E-state index in [9.17, 15) is 34.2 Å². The summed E-state index contributed by atoms with van der Waals surface area (Å²) in [6.07, 6.45) is 1.97. The maximum Gasteiger partial charge on any atom is 0.355 e. The number of morpholine rings is 1. The monoisotopic (exact) mass is 1020 g/mol. The number of carbonyl (C=O) groups excluding carboxylic acids is 5. The number of pyridine rings is 1. The van der Waals surface area contributed by atoms with Crippen molar-refractivity contribution in [2.75, 3.05) is 73.2 Å². The molecule has 4 aliphatic rings. The Kier molecular flexibility index (Phi) is 16.1. The molecule has 0 aliphatic carbocycles. The zero-order valence-electron chi connectivity index (χ0n) is 43.2. The van der Waals surface area contributed by atoms with Crippen molar-refractivity contribution >= 4 is 51.8 Å². The van der Waals surface area contributed by atoms with Crippen LogP contribution < -0.4 is 10.7 Å². The number of likely N-dealkylation sites (tertiary alicyclic amines) is 1. The third kappa shape index (κ3) is 11.3. The Hall–Kier alpha value is -5.79. The summed E-state index contributed by atoms with van der Waals surface area (Å²) in [5.74, 6) is 1.50. The van der Waals surface area contributed by atoms with Gasteiger partial charge >= 0.3 is 5.97 Å². The molecule has 0 spiro atoms. The number of methoxy groups -OCH3 is 1. The standard InChI is InChI=1S/C53H69N9O10S/c1-9-61-41-16-15-35-27-37(41)38(46(61)36-13-10-19-54-44(36)34(4)70-8)29-51(5,6)32-72-50(67)53(69)17-12-21-62(57-53)48(65)39(28-42-55-40(35)30-73-42)56-47(64)45(33(2)3)58(7)49(66)52(68)18-22-60(31-52)43(63)14-11-20-59-23-25-71-26-24-59/h10,13,15-16,19,27,30,33-34,39,45,57,68-69H,9,12,17-18,20-26,28-29,31-32H2,1-8H3,(H,56,64)/t34-,39-,45-,52+,53-/m0/s1. The molecule has 4 amide bonds. The first-order chi connectivity index (χ1) is 34.8. The van der Waals surface area contributed by atoms with Crippen LogP contribution in [0, 0.1) is 23.2 Å². The number of aromatic nitrogens is 3. The number of carbonyl (C=O) groups is 5. The zero-order valence-corrected chi connectivity index (χ0v) is 44.0. The average molecular weight is 1020 g/mol. The van der Waals surface area contributed by atoms with Crippen molar-refractivity contribution in [3.05, 3.63) is 58.2 Å². The van der Waals surface area contributed by atoms with Crippen molar-refractivity contribution in [1.29, 1.82) is 0 Å². The molecule has 0 unspecified atom stereocenters. The van der Waals surface area contributed by atoms with E-state index in [1.807, 2.05) is 44.4 Å². The van der Waals surface area contributed by atoms with Gasteiger partial charge in [0.2, 0.25) is 11.6 Å². The number of rotatable bonds is 10. The molecular formula is C53H69N9O10S. The predicted molar refractivity (Wildman–Crippen MR) is 273 cm³/mol. The van der Waals surface area contributed by atoms with Crippen LogP contribution in [0.15, 0.2) is 41.9 Å². The smallest absolute Gasteiger partial charge is 0.355 e. The van der Waals surface area contributed by atoms with E-state index in [1.54, 1.807) is 27.2 Å². The number of nitrogens with zero attached hydrogens (tertiary/aromatic N) is 7. The van der Waals surface area contributed by atoms with Gasteiger partial charge in [-0.15, -0.1) is 11.3 Å². The third-order valence-corrected chi connectivity index (χ3v) is 15.3. The molecule has 392 valence electrons. The maximum absolute atomic E-state index is 14.8. The molecule has 0 radical (unpaired) electrons. The molecule has 1 aromatic carbocycles. The molecule has 3 saturated heterocycles. The Morgan fingerprint density at radius 2 is 1.85 bits per heavy atom. The predicted octanol–water partition coefficient (Wildman–Crippen LogP) is 3.30. The van der Waals surface area contributed by atoms with Crippen molar-refractivity contribution in [2.45, 2.75) is 110 Å². The number of cyclic esters (lactones) is 1. The number of aliphatic hydroxyl groups is 2. The van der Waals surface area contributed by atoms with Gasteiger partial charge in [-0.25, -0.2) is 9.78 Å². The largest absolute Gasteiger partial charge is 0.462 e. The quantitative estimate of drug-likeness (QED) is 0.132. The van der Waals surface area contributed by atoms with E-state index in [0.717, 1.165) is 44.0 Å². The summed E-state index contributed by atoms with van der Waals surface area (Å²) in [7, 11) is 3.08. The number of thiazole rings is 1. The highest BCUT2D eigenvalue weighted by molar-refractivity contribution is 7.10. The lowest BCUT2D eigenvalue weighted by Gasteiger charge is -2.40. The number of likely N-dealkylation sites (N-methyl/N-ethyl adjacent to an activating group) is 1. The SMILES string of the molecule is CCn1c(-c2cccnc2[C@H](C)OC)c2c3cc(ccc31)-c1csc(n1)C[C@H](NC(=O)[C@H](C(C)C)N(C)C(=O)[C@@]1(O)CCN(C(=O)C#CCN3CCOCC3)C1)C(=O)N1CCC[C@@](O)(N1)C(=O)OCC(C)(C)C2. The molecule has 4 N–H and O–H groups in total. The topological polar surface area (TPSA) is 221 Å². The zero-order chi connectivity index (χ0) is 52.4. The lowest BCUT2D eigenvalue weighted by molar-refractivity contribution is -0.189. The number of hydrazine groups is 1. The van der Waals surface area contributed by atoms with Crippen LogP contribution in [-0.2, 0) is 57.6 Å². The van der Waals surface area contributed by atoms with Crippen molar-refractivity contribution in [3.8, 4) is 34.4 Å². The van der Waals surface area contributed by atoms with Crippen LogP contribution in [0.1, 0.15) is 83.2 Å². The van der Waals surface area contributed by atoms with E-state index < -0.39 is 64.3 Å². The van der Waals surface area contributed by atoms with E-state index >= 15 is 0 Å². The van der Waals surface area contributed by atoms with E-state index in [1.165, 1.54) is 28.2 Å². The number of aryl methyl sites for hydroxylation is 1. The van der Waals surface area contributed by atoms with Gasteiger partial charge in [0.25, 0.3) is 17.7 Å². The van der Waals surface area contributed by atoms with Gasteiger partial charge in [0.15, 0.2) is 5.60 Å². The molecule has 3 fully saturated rings. The first kappa shape index (κ1) is 53.5. The lowest BCUT2D eigenvalue weighted by Crippen LogP contribution is -2.67. The van der Waals surface area contributed by atoms with Gasteiger partial charge in [0, 0.05) is 105 Å². The summed E-state index contributed by atoms with van der Waals surface area (Å²) < 4.78 is 19.4. The average Bonchev–Trinajstić information content (AvgIpc) is 4.10. The minimum absolute atomic E-state index is 0.0451. The maximum atomic E-state index is 14.8. The van der Waals surface area contributed by atoms with Crippen LogP contribution in [0.5, 0.6) is 0 Å². The Balaban J connectivity index is 1.10. The van der Waals surface area contributed by atoms with E-state index in [0.29, 0.717) is 56.5 Å². The first-order valence-electron chi connectivity index (χ1n) is 25.2. The molecule has 5 atom stereocenters. The summed E-state index contributed by atoms with van der Waals surface area (Å²) >= 11 is 1.32. The number of hydrogen-bond acceptors (Lipinski definition) is 15. The molecule has 7 heterocycles. The molecule has 3 aromatic heterocycles. The van der Waals surface area contributed by atoms with Gasteiger partial charge in [-0.3, -0.25) is 34.1 Å². The van der Waals surface area contributed by atoms with Crippen LogP contribution in [-0.4, -0.2) is 171 Å². The van der Waals surface area contributed by atoms with Gasteiger partial charge in [0.05, 0.1) is 61.1 Å². The number of nitrogens with one attached hydrogen (secondary N) is 2. The fourth-order valence-corrected chi connectivity index (χ4v) is 11.3. The van der Waals surface area contributed by atoms with Gasteiger partial charge in [-0.1, -0.05) is 39.7 Å². The van der Waals surface area contributed by atoms with E-state index in [-0.39, 0.29) is 58.0 Å². The molecule has 6 bridgehead atoms. The fraction of sp³-hybridized carbons (Fsp3) is 0.566. The molecule has 0 saturated carbocycles. The Morgan fingerprint density at radius 3 is 2.58 bits per heavy atom. The first-order valence-corrected chi connectivity index (χ1v) is 26.1. The van der Waals surface area contributed by atoms with Crippen LogP contribution in [0.4, 0.5) is 0 Å². The van der Waals surface area contributed by atoms with E-state index in [4.69, 9.17) is 24.2 Å².